The second-order valence-electron chi connectivity index (χ2n) is 5.48. The van der Waals surface area contributed by atoms with Crippen LogP contribution in [0.15, 0.2) is 35.5 Å². The molecule has 2 atom stereocenters. The average Bonchev–Trinajstić information content (AvgIpc) is 2.96. The Bertz CT molecular complexity index is 979. The van der Waals surface area contributed by atoms with Gasteiger partial charge in [0.05, 0.1) is 23.9 Å². The summed E-state index contributed by atoms with van der Waals surface area (Å²) in [5, 5.41) is 1.72. The highest BCUT2D eigenvalue weighted by Gasteiger charge is 2.20. The third kappa shape index (κ3) is 2.33. The Labute approximate surface area is 141 Å². The average molecular weight is 348 g/mol. The molecule has 0 spiro atoms. The highest BCUT2D eigenvalue weighted by Crippen LogP contribution is 2.35. The van der Waals surface area contributed by atoms with E-state index in [-0.39, 0.29) is 17.0 Å². The van der Waals surface area contributed by atoms with Gasteiger partial charge in [-0.25, -0.2) is 9.97 Å². The fourth-order valence-electron chi connectivity index (χ4n) is 3.00. The molecule has 1 aliphatic rings. The first kappa shape index (κ1) is 14.7. The van der Waals surface area contributed by atoms with Crippen LogP contribution in [0, 0.1) is 0 Å². The van der Waals surface area contributed by atoms with Gasteiger partial charge in [-0.1, -0.05) is 12.2 Å². The number of alkyl halides is 1. The van der Waals surface area contributed by atoms with E-state index in [4.69, 9.17) is 16.3 Å². The van der Waals surface area contributed by atoms with Crippen molar-refractivity contribution in [2.24, 2.45) is 0 Å². The molecule has 0 bridgehead atoms. The summed E-state index contributed by atoms with van der Waals surface area (Å²) >= 11 is 7.47. The fourth-order valence-corrected chi connectivity index (χ4v) is 4.28. The first-order valence-electron chi connectivity index (χ1n) is 7.34. The van der Waals surface area contributed by atoms with Crippen molar-refractivity contribution in [1.82, 2.24) is 14.5 Å². The van der Waals surface area contributed by atoms with Gasteiger partial charge in [-0.3, -0.25) is 4.79 Å². The molecule has 3 heterocycles. The fraction of sp³-hybridized carbons (Fsp3) is 0.312. The molecule has 23 heavy (non-hydrogen) atoms. The standard InChI is InChI=1S/C16H14ClN3O2S/c1-22-14-12-11-6-7-20(10-4-2-9(17)3-5-10)16(21)13(11)23-15(12)19-8-18-14/h2,4,6-10H,3,5H2,1H3. The summed E-state index contributed by atoms with van der Waals surface area (Å²) in [4.78, 5) is 22.1. The van der Waals surface area contributed by atoms with E-state index in [0.717, 1.165) is 28.4 Å². The lowest BCUT2D eigenvalue weighted by Crippen LogP contribution is -2.24. The van der Waals surface area contributed by atoms with Crippen LogP contribution < -0.4 is 10.3 Å². The number of hydrogen-bond donors (Lipinski definition) is 0. The zero-order valence-corrected chi connectivity index (χ0v) is 14.0. The normalized spacial score (nSPS) is 21.1. The van der Waals surface area contributed by atoms with Gasteiger partial charge in [-0.05, 0) is 18.9 Å². The van der Waals surface area contributed by atoms with Crippen LogP contribution in [0.3, 0.4) is 0 Å². The number of pyridine rings is 1. The number of thiophene rings is 1. The molecule has 1 aliphatic carbocycles. The number of methoxy groups -OCH3 is 1. The van der Waals surface area contributed by atoms with Crippen LogP contribution in [0.4, 0.5) is 0 Å². The van der Waals surface area contributed by atoms with E-state index >= 15 is 0 Å². The molecule has 0 amide bonds. The largest absolute Gasteiger partial charge is 0.480 e. The first-order chi connectivity index (χ1) is 11.2. The van der Waals surface area contributed by atoms with E-state index in [1.165, 1.54) is 17.7 Å². The molecular formula is C16H14ClN3O2S. The van der Waals surface area contributed by atoms with Crippen LogP contribution in [0.1, 0.15) is 18.9 Å². The van der Waals surface area contributed by atoms with Crippen LogP contribution in [0.2, 0.25) is 0 Å². The second-order valence-corrected chi connectivity index (χ2v) is 7.04. The Hall–Kier alpha value is -1.92. The maximum absolute atomic E-state index is 12.9. The summed E-state index contributed by atoms with van der Waals surface area (Å²) in [5.41, 5.74) is -0.00442. The summed E-state index contributed by atoms with van der Waals surface area (Å²) in [5.74, 6) is 0.501. The molecule has 2 unspecified atom stereocenters. The SMILES string of the molecule is COc1ncnc2sc3c(=O)n(C4C=CC(Cl)CC4)ccc3c12. The topological polar surface area (TPSA) is 57.0 Å². The molecule has 3 aromatic heterocycles. The number of allylic oxidation sites excluding steroid dienone is 2. The van der Waals surface area contributed by atoms with Gasteiger partial charge < -0.3 is 9.30 Å². The maximum atomic E-state index is 12.9. The lowest BCUT2D eigenvalue weighted by atomic mass is 10.0. The van der Waals surface area contributed by atoms with E-state index in [2.05, 4.69) is 9.97 Å². The minimum absolute atomic E-state index is 0.00442. The van der Waals surface area contributed by atoms with E-state index in [1.54, 1.807) is 11.7 Å². The number of hydrogen-bond acceptors (Lipinski definition) is 5. The molecule has 0 aliphatic heterocycles. The number of aromatic nitrogens is 3. The van der Waals surface area contributed by atoms with Crippen molar-refractivity contribution in [2.75, 3.05) is 7.11 Å². The monoisotopic (exact) mass is 347 g/mol. The van der Waals surface area contributed by atoms with Crippen molar-refractivity contribution < 1.29 is 4.74 Å². The van der Waals surface area contributed by atoms with Crippen molar-refractivity contribution in [1.29, 1.82) is 0 Å². The zero-order valence-electron chi connectivity index (χ0n) is 12.4. The molecule has 0 N–H and O–H groups in total. The maximum Gasteiger partial charge on any atom is 0.269 e. The van der Waals surface area contributed by atoms with Gasteiger partial charge in [-0.2, -0.15) is 0 Å². The Kier molecular flexibility index (Phi) is 3.58. The van der Waals surface area contributed by atoms with Gasteiger partial charge in [0.15, 0.2) is 0 Å². The highest BCUT2D eigenvalue weighted by molar-refractivity contribution is 7.25. The molecule has 0 aromatic carbocycles. The number of fused-ring (bicyclic) bond motifs is 3. The van der Waals surface area contributed by atoms with Crippen LogP contribution >= 0.6 is 22.9 Å². The van der Waals surface area contributed by atoms with Gasteiger partial charge in [0.1, 0.15) is 15.9 Å². The molecule has 0 saturated carbocycles. The van der Waals surface area contributed by atoms with Crippen LogP contribution in [0.25, 0.3) is 20.3 Å². The number of rotatable bonds is 2. The molecule has 7 heteroatoms. The smallest absolute Gasteiger partial charge is 0.269 e. The van der Waals surface area contributed by atoms with Crippen LogP contribution in [-0.2, 0) is 0 Å². The Morgan fingerprint density at radius 2 is 2.22 bits per heavy atom. The van der Waals surface area contributed by atoms with E-state index in [9.17, 15) is 4.79 Å². The zero-order chi connectivity index (χ0) is 16.0. The highest BCUT2D eigenvalue weighted by atomic mass is 35.5. The minimum Gasteiger partial charge on any atom is -0.480 e. The van der Waals surface area contributed by atoms with Crippen molar-refractivity contribution >= 4 is 43.2 Å². The van der Waals surface area contributed by atoms with Gasteiger partial charge in [-0.15, -0.1) is 22.9 Å². The van der Waals surface area contributed by atoms with Crippen LogP contribution in [0.5, 0.6) is 5.88 Å². The van der Waals surface area contributed by atoms with Crippen LogP contribution in [-0.4, -0.2) is 27.0 Å². The molecule has 118 valence electrons. The predicted octanol–water partition coefficient (Wildman–Crippen LogP) is 3.51. The molecule has 0 saturated heterocycles. The summed E-state index contributed by atoms with van der Waals surface area (Å²) in [6.07, 6.45) is 9.02. The summed E-state index contributed by atoms with van der Waals surface area (Å²) < 4.78 is 7.77. The summed E-state index contributed by atoms with van der Waals surface area (Å²) in [6.45, 7) is 0. The van der Waals surface area contributed by atoms with Gasteiger partial charge in [0.2, 0.25) is 5.88 Å². The number of nitrogens with zero attached hydrogens (tertiary/aromatic N) is 3. The Morgan fingerprint density at radius 3 is 2.96 bits per heavy atom. The number of ether oxygens (including phenoxy) is 1. The van der Waals surface area contributed by atoms with Gasteiger partial charge in [0.25, 0.3) is 5.56 Å². The molecule has 4 rings (SSSR count). The Balaban J connectivity index is 1.94. The summed E-state index contributed by atoms with van der Waals surface area (Å²) in [7, 11) is 1.57. The van der Waals surface area contributed by atoms with Gasteiger partial charge in [0, 0.05) is 11.6 Å². The number of halogens is 1. The van der Waals surface area contributed by atoms with E-state index < -0.39 is 0 Å². The third-order valence-corrected chi connectivity index (χ3v) is 5.62. The predicted molar refractivity (Wildman–Crippen MR) is 92.8 cm³/mol. The first-order valence-corrected chi connectivity index (χ1v) is 8.59. The van der Waals surface area contributed by atoms with E-state index in [1.807, 2.05) is 24.4 Å². The molecular weight excluding hydrogens is 334 g/mol. The minimum atomic E-state index is -0.00442. The third-order valence-electron chi connectivity index (χ3n) is 4.15. The molecule has 5 nitrogen and oxygen atoms in total. The molecule has 0 fully saturated rings. The van der Waals surface area contributed by atoms with Gasteiger partial charge >= 0.3 is 0 Å². The Morgan fingerprint density at radius 1 is 1.35 bits per heavy atom. The lowest BCUT2D eigenvalue weighted by Gasteiger charge is -2.21. The van der Waals surface area contributed by atoms with E-state index in [0.29, 0.717) is 10.6 Å². The second kappa shape index (κ2) is 5.62. The summed E-state index contributed by atoms with van der Waals surface area (Å²) in [6, 6.07) is 2.00. The van der Waals surface area contributed by atoms with Crippen molar-refractivity contribution in [3.8, 4) is 5.88 Å². The van der Waals surface area contributed by atoms with Crippen molar-refractivity contribution in [3.05, 3.63) is 41.1 Å². The van der Waals surface area contributed by atoms with Crippen molar-refractivity contribution in [3.63, 3.8) is 0 Å². The molecule has 3 aromatic rings. The lowest BCUT2D eigenvalue weighted by molar-refractivity contribution is 0.403. The molecule has 0 radical (unpaired) electrons. The quantitative estimate of drug-likeness (QED) is 0.526. The van der Waals surface area contributed by atoms with Crippen molar-refractivity contribution in [2.45, 2.75) is 24.3 Å².